The molecule has 0 atom stereocenters. The van der Waals surface area contributed by atoms with Crippen molar-refractivity contribution in [1.82, 2.24) is 0 Å². The summed E-state index contributed by atoms with van der Waals surface area (Å²) in [6.07, 6.45) is 1.71. The number of hydrogen-bond acceptors (Lipinski definition) is 3. The lowest BCUT2D eigenvalue weighted by molar-refractivity contribution is 0.357. The van der Waals surface area contributed by atoms with Gasteiger partial charge in [0.25, 0.3) is 10.1 Å². The van der Waals surface area contributed by atoms with Gasteiger partial charge in [-0.15, -0.1) is 18.4 Å². The van der Waals surface area contributed by atoms with Gasteiger partial charge in [0.2, 0.25) is 0 Å². The summed E-state index contributed by atoms with van der Waals surface area (Å²) in [5.74, 6) is 5.20. The molecule has 0 bridgehead atoms. The Labute approximate surface area is 73.6 Å². The largest absolute Gasteiger partial charge is 0.268 e. The van der Waals surface area contributed by atoms with Crippen LogP contribution in [0, 0.1) is 11.8 Å². The van der Waals surface area contributed by atoms with Crippen LogP contribution in [0.3, 0.4) is 0 Å². The molecule has 0 aliphatic carbocycles. The Morgan fingerprint density at radius 2 is 2.25 bits per heavy atom. The minimum Gasteiger partial charge on any atom is -0.266 e. The van der Waals surface area contributed by atoms with Gasteiger partial charge < -0.3 is 0 Å². The fourth-order valence-corrected chi connectivity index (χ4v) is 1.29. The van der Waals surface area contributed by atoms with Crippen LogP contribution in [0.25, 0.3) is 0 Å². The molecule has 0 rings (SSSR count). The minimum atomic E-state index is -3.39. The van der Waals surface area contributed by atoms with E-state index in [1.54, 1.807) is 6.92 Å². The van der Waals surface area contributed by atoms with Gasteiger partial charge >= 0.3 is 0 Å². The standard InChI is InChI=1S/C8H12O3S/c1-3-5-6-8-12(9,10)11-7-4-2/h4H,2,6-8H2,1H3. The van der Waals surface area contributed by atoms with Gasteiger partial charge in [-0.2, -0.15) is 8.42 Å². The maximum absolute atomic E-state index is 10.9. The molecule has 3 nitrogen and oxygen atoms in total. The Morgan fingerprint density at radius 1 is 1.58 bits per heavy atom. The Bertz CT molecular complexity index is 279. The van der Waals surface area contributed by atoms with Crippen LogP contribution in [-0.2, 0) is 14.3 Å². The lowest BCUT2D eigenvalue weighted by atomic mass is 10.5. The van der Waals surface area contributed by atoms with Crippen LogP contribution in [0.1, 0.15) is 13.3 Å². The first-order valence-electron chi connectivity index (χ1n) is 3.50. The minimum absolute atomic E-state index is 0.0296. The zero-order chi connectivity index (χ0) is 9.45. The maximum Gasteiger partial charge on any atom is 0.268 e. The van der Waals surface area contributed by atoms with Crippen molar-refractivity contribution < 1.29 is 12.6 Å². The van der Waals surface area contributed by atoms with Crippen molar-refractivity contribution in [2.75, 3.05) is 12.4 Å². The van der Waals surface area contributed by atoms with Crippen LogP contribution in [-0.4, -0.2) is 20.8 Å². The van der Waals surface area contributed by atoms with E-state index in [0.717, 1.165) is 0 Å². The van der Waals surface area contributed by atoms with Crippen molar-refractivity contribution in [3.05, 3.63) is 12.7 Å². The molecule has 0 aromatic heterocycles. The smallest absolute Gasteiger partial charge is 0.266 e. The molecule has 0 N–H and O–H groups in total. The van der Waals surface area contributed by atoms with E-state index in [1.165, 1.54) is 6.08 Å². The topological polar surface area (TPSA) is 43.4 Å². The van der Waals surface area contributed by atoms with Crippen LogP contribution in [0.15, 0.2) is 12.7 Å². The van der Waals surface area contributed by atoms with E-state index in [2.05, 4.69) is 22.6 Å². The second-order valence-corrected chi connectivity index (χ2v) is 3.77. The molecule has 0 aliphatic heterocycles. The van der Waals surface area contributed by atoms with Crippen molar-refractivity contribution in [1.29, 1.82) is 0 Å². The third-order valence-corrected chi connectivity index (χ3v) is 2.22. The fourth-order valence-electron chi connectivity index (χ4n) is 0.512. The molecule has 0 aromatic carbocycles. The molecule has 0 fully saturated rings. The molecule has 0 spiro atoms. The Morgan fingerprint density at radius 3 is 2.75 bits per heavy atom. The highest BCUT2D eigenvalue weighted by Crippen LogP contribution is 1.95. The molecule has 0 saturated carbocycles. The Kier molecular flexibility index (Phi) is 5.43. The predicted octanol–water partition coefficient (Wildman–Crippen LogP) is 0.932. The highest BCUT2D eigenvalue weighted by Gasteiger charge is 2.07. The van der Waals surface area contributed by atoms with Crippen LogP contribution in [0.4, 0.5) is 0 Å². The molecule has 0 aromatic rings. The zero-order valence-electron chi connectivity index (χ0n) is 7.04. The summed E-state index contributed by atoms with van der Waals surface area (Å²) in [7, 11) is -3.39. The van der Waals surface area contributed by atoms with Gasteiger partial charge in [-0.25, -0.2) is 0 Å². The molecular formula is C8H12O3S. The third-order valence-electron chi connectivity index (χ3n) is 1.02. The molecule has 0 saturated heterocycles. The average Bonchev–Trinajstić information content (AvgIpc) is 2.01. The van der Waals surface area contributed by atoms with Gasteiger partial charge in [-0.3, -0.25) is 4.18 Å². The van der Waals surface area contributed by atoms with E-state index in [9.17, 15) is 8.42 Å². The first kappa shape index (κ1) is 11.2. The lowest BCUT2D eigenvalue weighted by Gasteiger charge is -1.99. The summed E-state index contributed by atoms with van der Waals surface area (Å²) in [6.45, 7) is 5.04. The summed E-state index contributed by atoms with van der Waals surface area (Å²) in [6, 6.07) is 0. The van der Waals surface area contributed by atoms with Gasteiger partial charge in [0.15, 0.2) is 0 Å². The molecule has 0 heterocycles. The SMILES string of the molecule is C=CCOS(=O)(=O)CCC#CC. The molecule has 12 heavy (non-hydrogen) atoms. The fraction of sp³-hybridized carbons (Fsp3) is 0.500. The van der Waals surface area contributed by atoms with Crippen molar-refractivity contribution in [2.45, 2.75) is 13.3 Å². The van der Waals surface area contributed by atoms with E-state index in [4.69, 9.17) is 0 Å². The first-order chi connectivity index (χ1) is 5.62. The van der Waals surface area contributed by atoms with Crippen molar-refractivity contribution in [3.63, 3.8) is 0 Å². The van der Waals surface area contributed by atoms with Crippen LogP contribution < -0.4 is 0 Å². The molecule has 68 valence electrons. The Balaban J connectivity index is 3.85. The Hall–Kier alpha value is -0.790. The quantitative estimate of drug-likeness (QED) is 0.366. The molecule has 0 unspecified atom stereocenters. The van der Waals surface area contributed by atoms with E-state index in [0.29, 0.717) is 6.42 Å². The second-order valence-electron chi connectivity index (χ2n) is 2.01. The predicted molar refractivity (Wildman–Crippen MR) is 48.0 cm³/mol. The second kappa shape index (κ2) is 5.81. The van der Waals surface area contributed by atoms with Crippen LogP contribution in [0.2, 0.25) is 0 Å². The van der Waals surface area contributed by atoms with Gasteiger partial charge in [0.1, 0.15) is 0 Å². The third kappa shape index (κ3) is 5.96. The monoisotopic (exact) mass is 188 g/mol. The number of hydrogen-bond donors (Lipinski definition) is 0. The first-order valence-corrected chi connectivity index (χ1v) is 5.07. The molecule has 0 radical (unpaired) electrons. The van der Waals surface area contributed by atoms with E-state index < -0.39 is 10.1 Å². The average molecular weight is 188 g/mol. The van der Waals surface area contributed by atoms with E-state index in [-0.39, 0.29) is 12.4 Å². The van der Waals surface area contributed by atoms with Crippen LogP contribution >= 0.6 is 0 Å². The molecule has 0 amide bonds. The normalized spacial score (nSPS) is 10.1. The maximum atomic E-state index is 10.9. The van der Waals surface area contributed by atoms with Crippen molar-refractivity contribution in [3.8, 4) is 11.8 Å². The summed E-state index contributed by atoms with van der Waals surface area (Å²) in [5, 5.41) is 0. The molecule has 0 aliphatic rings. The summed E-state index contributed by atoms with van der Waals surface area (Å²) < 4.78 is 26.4. The highest BCUT2D eigenvalue weighted by molar-refractivity contribution is 7.86. The van der Waals surface area contributed by atoms with Crippen molar-refractivity contribution in [2.24, 2.45) is 0 Å². The summed E-state index contributed by atoms with van der Waals surface area (Å²) in [4.78, 5) is 0. The summed E-state index contributed by atoms with van der Waals surface area (Å²) >= 11 is 0. The lowest BCUT2D eigenvalue weighted by Crippen LogP contribution is -2.09. The van der Waals surface area contributed by atoms with Crippen LogP contribution in [0.5, 0.6) is 0 Å². The van der Waals surface area contributed by atoms with Gasteiger partial charge in [-0.1, -0.05) is 6.08 Å². The van der Waals surface area contributed by atoms with Gasteiger partial charge in [-0.05, 0) is 6.92 Å². The molecular weight excluding hydrogens is 176 g/mol. The van der Waals surface area contributed by atoms with E-state index in [1.807, 2.05) is 0 Å². The number of rotatable bonds is 5. The zero-order valence-corrected chi connectivity index (χ0v) is 7.86. The summed E-state index contributed by atoms with van der Waals surface area (Å²) in [5.41, 5.74) is 0. The molecule has 4 heteroatoms. The van der Waals surface area contributed by atoms with Gasteiger partial charge in [0.05, 0.1) is 12.4 Å². The van der Waals surface area contributed by atoms with Crippen molar-refractivity contribution >= 4 is 10.1 Å². The highest BCUT2D eigenvalue weighted by atomic mass is 32.2. The van der Waals surface area contributed by atoms with E-state index >= 15 is 0 Å². The van der Waals surface area contributed by atoms with Gasteiger partial charge in [0, 0.05) is 6.42 Å².